The zero-order valence-electron chi connectivity index (χ0n) is 12.8. The summed E-state index contributed by atoms with van der Waals surface area (Å²) in [6.07, 6.45) is -0.343. The molecule has 1 fully saturated rings. The van der Waals surface area contributed by atoms with E-state index in [1.54, 1.807) is 12.1 Å². The first kappa shape index (κ1) is 16.2. The first-order chi connectivity index (χ1) is 10.5. The number of alkyl carbamates (subject to hydrolysis) is 1. The largest absolute Gasteiger partial charge is 0.444 e. The molecule has 7 heteroatoms. The van der Waals surface area contributed by atoms with E-state index in [4.69, 9.17) is 4.74 Å². The van der Waals surface area contributed by atoms with Gasteiger partial charge in [0.05, 0.1) is 20.1 Å². The van der Waals surface area contributed by atoms with Gasteiger partial charge in [0.15, 0.2) is 0 Å². The summed E-state index contributed by atoms with van der Waals surface area (Å²) in [7, 11) is 3.93. The number of hydrogen-bond acceptors (Lipinski definition) is 3. The third kappa shape index (κ3) is 4.42. The summed E-state index contributed by atoms with van der Waals surface area (Å²) < 4.78 is 18.3. The molecule has 1 aromatic rings. The van der Waals surface area contributed by atoms with Crippen LogP contribution in [0.15, 0.2) is 24.3 Å². The van der Waals surface area contributed by atoms with Gasteiger partial charge in [-0.15, -0.1) is 0 Å². The lowest BCUT2D eigenvalue weighted by atomic mass is 10.3. The van der Waals surface area contributed by atoms with Crippen LogP contribution in [0.1, 0.15) is 6.42 Å². The van der Waals surface area contributed by atoms with Crippen molar-refractivity contribution in [3.8, 4) is 0 Å². The summed E-state index contributed by atoms with van der Waals surface area (Å²) in [4.78, 5) is 26.3. The topological polar surface area (TPSA) is 63.1 Å². The number of hydrogen-bond donors (Lipinski definition) is 2. The SMILES string of the molecule is C[NH+](C)CCOC(=O)N[C@H]1CC(=O)N(c2cccc(F)c2)C1. The van der Waals surface area contributed by atoms with Crippen LogP contribution in [0.4, 0.5) is 14.9 Å². The average molecular weight is 310 g/mol. The zero-order valence-corrected chi connectivity index (χ0v) is 12.8. The van der Waals surface area contributed by atoms with Crippen LogP contribution in [0.2, 0.25) is 0 Å². The van der Waals surface area contributed by atoms with Gasteiger partial charge in [-0.1, -0.05) is 6.07 Å². The third-order valence-electron chi connectivity index (χ3n) is 3.40. The molecule has 1 aliphatic heterocycles. The van der Waals surface area contributed by atoms with Gasteiger partial charge in [0, 0.05) is 18.7 Å². The number of anilines is 1. The van der Waals surface area contributed by atoms with Crippen molar-refractivity contribution in [1.29, 1.82) is 0 Å². The van der Waals surface area contributed by atoms with Gasteiger partial charge in [-0.3, -0.25) is 4.79 Å². The highest BCUT2D eigenvalue weighted by molar-refractivity contribution is 5.96. The van der Waals surface area contributed by atoms with E-state index in [9.17, 15) is 14.0 Å². The molecule has 0 saturated carbocycles. The van der Waals surface area contributed by atoms with Gasteiger partial charge in [-0.2, -0.15) is 0 Å². The van der Waals surface area contributed by atoms with Gasteiger partial charge in [0.25, 0.3) is 0 Å². The summed E-state index contributed by atoms with van der Waals surface area (Å²) in [5.41, 5.74) is 0.499. The highest BCUT2D eigenvalue weighted by atomic mass is 19.1. The summed E-state index contributed by atoms with van der Waals surface area (Å²) in [5, 5.41) is 2.67. The minimum atomic E-state index is -0.528. The van der Waals surface area contributed by atoms with Gasteiger partial charge >= 0.3 is 6.09 Å². The Labute approximate surface area is 128 Å². The molecule has 6 nitrogen and oxygen atoms in total. The quantitative estimate of drug-likeness (QED) is 0.792. The van der Waals surface area contributed by atoms with Crippen molar-refractivity contribution in [3.63, 3.8) is 0 Å². The number of ether oxygens (including phenoxy) is 1. The predicted molar refractivity (Wildman–Crippen MR) is 79.3 cm³/mol. The van der Waals surface area contributed by atoms with Gasteiger partial charge in [-0.25, -0.2) is 9.18 Å². The molecule has 0 bridgehead atoms. The molecule has 0 unspecified atom stereocenters. The minimum Gasteiger partial charge on any atom is -0.444 e. The Kier molecular flexibility index (Phi) is 5.32. The molecule has 0 aliphatic carbocycles. The summed E-state index contributed by atoms with van der Waals surface area (Å²) >= 11 is 0. The lowest BCUT2D eigenvalue weighted by molar-refractivity contribution is -0.858. The molecule has 1 aromatic carbocycles. The van der Waals surface area contributed by atoms with E-state index in [0.717, 1.165) is 0 Å². The predicted octanol–water partition coefficient (Wildman–Crippen LogP) is -0.198. The maximum absolute atomic E-state index is 13.2. The van der Waals surface area contributed by atoms with Crippen molar-refractivity contribution >= 4 is 17.7 Å². The Morgan fingerprint density at radius 1 is 1.50 bits per heavy atom. The lowest BCUT2D eigenvalue weighted by Gasteiger charge is -2.17. The van der Waals surface area contributed by atoms with E-state index in [1.165, 1.54) is 21.9 Å². The van der Waals surface area contributed by atoms with E-state index in [1.807, 2.05) is 14.1 Å². The van der Waals surface area contributed by atoms with Crippen LogP contribution in [-0.4, -0.2) is 51.8 Å². The number of nitrogens with zero attached hydrogens (tertiary/aromatic N) is 1. The second-order valence-electron chi connectivity index (χ2n) is 5.62. The van der Waals surface area contributed by atoms with E-state index < -0.39 is 11.9 Å². The molecule has 2 amide bonds. The van der Waals surface area contributed by atoms with E-state index in [2.05, 4.69) is 5.32 Å². The van der Waals surface area contributed by atoms with Crippen molar-refractivity contribution in [2.75, 3.05) is 38.7 Å². The molecule has 22 heavy (non-hydrogen) atoms. The average Bonchev–Trinajstić information content (AvgIpc) is 2.79. The normalized spacial score (nSPS) is 17.9. The van der Waals surface area contributed by atoms with Crippen molar-refractivity contribution < 1.29 is 23.6 Å². The molecule has 120 valence electrons. The number of carbonyl (C=O) groups excluding carboxylic acids is 2. The van der Waals surface area contributed by atoms with Crippen LogP contribution in [0.25, 0.3) is 0 Å². The molecule has 1 aliphatic rings. The van der Waals surface area contributed by atoms with Crippen LogP contribution < -0.4 is 15.1 Å². The second-order valence-corrected chi connectivity index (χ2v) is 5.62. The fourth-order valence-electron chi connectivity index (χ4n) is 2.25. The van der Waals surface area contributed by atoms with Crippen molar-refractivity contribution in [2.24, 2.45) is 0 Å². The van der Waals surface area contributed by atoms with E-state index in [-0.39, 0.29) is 18.4 Å². The summed E-state index contributed by atoms with van der Waals surface area (Å²) in [6, 6.07) is 5.52. The lowest BCUT2D eigenvalue weighted by Crippen LogP contribution is -3.06. The number of likely N-dealkylation sites (N-methyl/N-ethyl adjacent to an activating group) is 1. The summed E-state index contributed by atoms with van der Waals surface area (Å²) in [5.74, 6) is -0.541. The van der Waals surface area contributed by atoms with Crippen molar-refractivity contribution in [1.82, 2.24) is 5.32 Å². The maximum Gasteiger partial charge on any atom is 0.407 e. The number of nitrogens with one attached hydrogen (secondary N) is 2. The Morgan fingerprint density at radius 3 is 2.95 bits per heavy atom. The molecule has 2 rings (SSSR count). The summed E-state index contributed by atoms with van der Waals surface area (Å²) in [6.45, 7) is 1.35. The first-order valence-electron chi connectivity index (χ1n) is 7.24. The monoisotopic (exact) mass is 310 g/mol. The fraction of sp³-hybridized carbons (Fsp3) is 0.467. The number of quaternary nitrogens is 1. The highest BCUT2D eigenvalue weighted by Gasteiger charge is 2.32. The standard InChI is InChI=1S/C15H20FN3O3/c1-18(2)6-7-22-15(21)17-12-9-14(20)19(10-12)13-5-3-4-11(16)8-13/h3-5,8,12H,6-7,9-10H2,1-2H3,(H,17,21)/p+1/t12-/m0/s1. The molecule has 0 radical (unpaired) electrons. The van der Waals surface area contributed by atoms with E-state index >= 15 is 0 Å². The number of halogens is 1. The third-order valence-corrected chi connectivity index (χ3v) is 3.40. The molecule has 1 heterocycles. The van der Waals surface area contributed by atoms with Crippen molar-refractivity contribution in [3.05, 3.63) is 30.1 Å². The Morgan fingerprint density at radius 2 is 2.27 bits per heavy atom. The Balaban J connectivity index is 1.86. The van der Waals surface area contributed by atoms with Crippen LogP contribution in [0.3, 0.4) is 0 Å². The minimum absolute atomic E-state index is 0.145. The zero-order chi connectivity index (χ0) is 16.1. The van der Waals surface area contributed by atoms with Gasteiger partial charge in [0.2, 0.25) is 5.91 Å². The maximum atomic E-state index is 13.2. The van der Waals surface area contributed by atoms with Gasteiger partial charge < -0.3 is 19.9 Å². The highest BCUT2D eigenvalue weighted by Crippen LogP contribution is 2.22. The molecule has 2 N–H and O–H groups in total. The van der Waals surface area contributed by atoms with Gasteiger partial charge in [0.1, 0.15) is 19.0 Å². The molecular weight excluding hydrogens is 289 g/mol. The van der Waals surface area contributed by atoms with Crippen LogP contribution in [0.5, 0.6) is 0 Å². The molecule has 0 spiro atoms. The molecular formula is C15H21FN3O3+. The van der Waals surface area contributed by atoms with Crippen molar-refractivity contribution in [2.45, 2.75) is 12.5 Å². The Bertz CT molecular complexity index is 551. The molecule has 1 atom stereocenters. The van der Waals surface area contributed by atoms with Crippen LogP contribution in [0, 0.1) is 5.82 Å². The fourth-order valence-corrected chi connectivity index (χ4v) is 2.25. The number of amides is 2. The number of benzene rings is 1. The molecule has 0 aromatic heterocycles. The number of rotatable bonds is 5. The van der Waals surface area contributed by atoms with Gasteiger partial charge in [-0.05, 0) is 18.2 Å². The first-order valence-corrected chi connectivity index (χ1v) is 7.24. The van der Waals surface area contributed by atoms with Crippen LogP contribution in [-0.2, 0) is 9.53 Å². The second kappa shape index (κ2) is 7.22. The Hall–Kier alpha value is -2.15. The smallest absolute Gasteiger partial charge is 0.407 e. The number of carbonyl (C=O) groups is 2. The van der Waals surface area contributed by atoms with Crippen LogP contribution >= 0.6 is 0 Å². The molecule has 1 saturated heterocycles. The van der Waals surface area contributed by atoms with E-state index in [0.29, 0.717) is 25.4 Å².